The van der Waals surface area contributed by atoms with Crippen molar-refractivity contribution in [2.75, 3.05) is 13.2 Å². The zero-order valence-electron chi connectivity index (χ0n) is 21.5. The predicted octanol–water partition coefficient (Wildman–Crippen LogP) is 9.84. The largest absolute Gasteiger partial charge is 0.493 e. The lowest BCUT2D eigenvalue weighted by atomic mass is 10.1. The van der Waals surface area contributed by atoms with Crippen molar-refractivity contribution in [1.29, 1.82) is 0 Å². The van der Waals surface area contributed by atoms with Gasteiger partial charge in [-0.05, 0) is 36.1 Å². The van der Waals surface area contributed by atoms with Gasteiger partial charge in [-0.2, -0.15) is 0 Å². The van der Waals surface area contributed by atoms with Gasteiger partial charge in [0.1, 0.15) is 11.5 Å². The van der Waals surface area contributed by atoms with E-state index < -0.39 is 0 Å². The van der Waals surface area contributed by atoms with Gasteiger partial charge in [-0.15, -0.1) is 0 Å². The Labute approximate surface area is 208 Å². The van der Waals surface area contributed by atoms with Crippen molar-refractivity contribution in [3.63, 3.8) is 0 Å². The molecule has 0 aliphatic carbocycles. The molecule has 0 radical (unpaired) electrons. The van der Waals surface area contributed by atoms with E-state index >= 15 is 0 Å². The molecule has 0 fully saturated rings. The molecule has 0 N–H and O–H groups in total. The lowest BCUT2D eigenvalue weighted by Crippen LogP contribution is -2.03. The van der Waals surface area contributed by atoms with E-state index in [1.807, 2.05) is 12.2 Å². The first-order chi connectivity index (χ1) is 16.7. The predicted molar refractivity (Wildman–Crippen MR) is 151 cm³/mol. The van der Waals surface area contributed by atoms with Crippen LogP contribution in [0.25, 0.3) is 24.3 Å². The van der Waals surface area contributed by atoms with Gasteiger partial charge in [0, 0.05) is 11.1 Å². The number of unbranched alkanes of at least 4 members (excludes halogenated alkanes) is 8. The highest BCUT2D eigenvalue weighted by Crippen LogP contribution is 2.32. The molecular weight excluding hydrogens is 416 g/mol. The van der Waals surface area contributed by atoms with E-state index in [-0.39, 0.29) is 0 Å². The molecule has 2 heteroatoms. The van der Waals surface area contributed by atoms with E-state index in [0.717, 1.165) is 59.8 Å². The van der Waals surface area contributed by atoms with Crippen LogP contribution in [0.1, 0.15) is 100 Å². The van der Waals surface area contributed by atoms with E-state index in [1.165, 1.54) is 51.4 Å². The molecule has 0 aliphatic heterocycles. The highest BCUT2D eigenvalue weighted by Gasteiger charge is 2.10. The summed E-state index contributed by atoms with van der Waals surface area (Å²) in [5.41, 5.74) is 4.28. The van der Waals surface area contributed by atoms with Crippen LogP contribution in [0.15, 0.2) is 49.6 Å². The van der Waals surface area contributed by atoms with Crippen LogP contribution in [-0.4, -0.2) is 13.2 Å². The molecule has 0 saturated carbocycles. The molecule has 2 rings (SSSR count). The standard InChI is InChI=1S/C32H44O2/c1-5-9-11-13-15-23-33-31-26-30(22-21-28-19-17-27(7-3)18-20-28)32(25-29(31)8-4)34-24-16-14-12-10-6-2/h7-8,17-22,25-26H,3-6,9-16,23-24H2,1-2H3/b22-21+. The average molecular weight is 461 g/mol. The van der Waals surface area contributed by atoms with Gasteiger partial charge in [-0.25, -0.2) is 0 Å². The molecule has 0 saturated heterocycles. The third-order valence-electron chi connectivity index (χ3n) is 6.00. The molecule has 0 spiro atoms. The van der Waals surface area contributed by atoms with Crippen LogP contribution >= 0.6 is 0 Å². The van der Waals surface area contributed by atoms with Crippen LogP contribution in [-0.2, 0) is 0 Å². The maximum absolute atomic E-state index is 6.24. The number of hydrogen-bond donors (Lipinski definition) is 0. The summed E-state index contributed by atoms with van der Waals surface area (Å²) in [6, 6.07) is 12.5. The van der Waals surface area contributed by atoms with Crippen LogP contribution < -0.4 is 9.47 Å². The van der Waals surface area contributed by atoms with E-state index in [2.05, 4.69) is 75.6 Å². The summed E-state index contributed by atoms with van der Waals surface area (Å²) in [6.07, 6.45) is 20.2. The minimum atomic E-state index is 0.729. The Bertz CT molecular complexity index is 877. The minimum Gasteiger partial charge on any atom is -0.493 e. The summed E-state index contributed by atoms with van der Waals surface area (Å²) >= 11 is 0. The Hall–Kier alpha value is -2.74. The molecule has 34 heavy (non-hydrogen) atoms. The van der Waals surface area contributed by atoms with Gasteiger partial charge in [0.15, 0.2) is 0 Å². The summed E-state index contributed by atoms with van der Waals surface area (Å²) in [5.74, 6) is 1.77. The van der Waals surface area contributed by atoms with Gasteiger partial charge >= 0.3 is 0 Å². The third kappa shape index (κ3) is 10.0. The molecule has 0 unspecified atom stereocenters. The van der Waals surface area contributed by atoms with Crippen molar-refractivity contribution in [2.45, 2.75) is 78.1 Å². The quantitative estimate of drug-likeness (QED) is 0.163. The fourth-order valence-corrected chi connectivity index (χ4v) is 3.84. The smallest absolute Gasteiger partial charge is 0.127 e. The van der Waals surface area contributed by atoms with Crippen molar-refractivity contribution in [2.24, 2.45) is 0 Å². The van der Waals surface area contributed by atoms with Gasteiger partial charge in [0.05, 0.1) is 13.2 Å². The van der Waals surface area contributed by atoms with Gasteiger partial charge in [-0.1, -0.05) is 127 Å². The summed E-state index contributed by atoms with van der Waals surface area (Å²) in [6.45, 7) is 13.8. The van der Waals surface area contributed by atoms with Gasteiger partial charge in [0.25, 0.3) is 0 Å². The summed E-state index contributed by atoms with van der Waals surface area (Å²) in [4.78, 5) is 0. The maximum Gasteiger partial charge on any atom is 0.127 e. The van der Waals surface area contributed by atoms with Gasteiger partial charge in [-0.3, -0.25) is 0 Å². The van der Waals surface area contributed by atoms with E-state index in [9.17, 15) is 0 Å². The molecular formula is C32H44O2. The number of rotatable bonds is 18. The fourth-order valence-electron chi connectivity index (χ4n) is 3.84. The number of benzene rings is 2. The lowest BCUT2D eigenvalue weighted by Gasteiger charge is -2.15. The van der Waals surface area contributed by atoms with E-state index in [1.54, 1.807) is 0 Å². The summed E-state index contributed by atoms with van der Waals surface area (Å²) in [7, 11) is 0. The Balaban J connectivity index is 2.15. The molecule has 2 aromatic rings. The molecule has 0 heterocycles. The van der Waals surface area contributed by atoms with Crippen molar-refractivity contribution in [3.05, 3.63) is 71.8 Å². The zero-order chi connectivity index (χ0) is 24.4. The van der Waals surface area contributed by atoms with Crippen molar-refractivity contribution in [3.8, 4) is 11.5 Å². The van der Waals surface area contributed by atoms with Crippen molar-refractivity contribution >= 4 is 24.3 Å². The summed E-state index contributed by atoms with van der Waals surface area (Å²) in [5, 5.41) is 0. The first-order valence-corrected chi connectivity index (χ1v) is 13.2. The molecule has 0 bridgehead atoms. The fraction of sp³-hybridized carbons (Fsp3) is 0.438. The minimum absolute atomic E-state index is 0.729. The lowest BCUT2D eigenvalue weighted by molar-refractivity contribution is 0.295. The topological polar surface area (TPSA) is 18.5 Å². The zero-order valence-corrected chi connectivity index (χ0v) is 21.5. The molecule has 0 aliphatic rings. The first-order valence-electron chi connectivity index (χ1n) is 13.2. The Morgan fingerprint density at radius 3 is 1.62 bits per heavy atom. The Kier molecular flexibility index (Phi) is 13.6. The third-order valence-corrected chi connectivity index (χ3v) is 6.00. The van der Waals surface area contributed by atoms with Crippen LogP contribution in [0.2, 0.25) is 0 Å². The average Bonchev–Trinajstić information content (AvgIpc) is 2.87. The van der Waals surface area contributed by atoms with Crippen LogP contribution in [0.4, 0.5) is 0 Å². The monoisotopic (exact) mass is 460 g/mol. The summed E-state index contributed by atoms with van der Waals surface area (Å²) < 4.78 is 12.4. The maximum atomic E-state index is 6.24. The number of hydrogen-bond acceptors (Lipinski definition) is 2. The molecule has 0 atom stereocenters. The molecule has 2 nitrogen and oxygen atoms in total. The van der Waals surface area contributed by atoms with Crippen LogP contribution in [0, 0.1) is 0 Å². The van der Waals surface area contributed by atoms with Gasteiger partial charge in [0.2, 0.25) is 0 Å². The van der Waals surface area contributed by atoms with Crippen molar-refractivity contribution < 1.29 is 9.47 Å². The molecule has 184 valence electrons. The highest BCUT2D eigenvalue weighted by atomic mass is 16.5. The molecule has 2 aromatic carbocycles. The molecule has 0 amide bonds. The van der Waals surface area contributed by atoms with Gasteiger partial charge < -0.3 is 9.47 Å². The highest BCUT2D eigenvalue weighted by molar-refractivity contribution is 5.76. The van der Waals surface area contributed by atoms with Crippen LogP contribution in [0.5, 0.6) is 11.5 Å². The second-order valence-electron chi connectivity index (χ2n) is 8.86. The second-order valence-corrected chi connectivity index (χ2v) is 8.86. The SMILES string of the molecule is C=Cc1ccc(/C=C/c2cc(OCCCCCCC)c(C=C)cc2OCCCCCCC)cc1. The normalized spacial score (nSPS) is 11.0. The van der Waals surface area contributed by atoms with Crippen LogP contribution in [0.3, 0.4) is 0 Å². The van der Waals surface area contributed by atoms with E-state index in [0.29, 0.717) is 0 Å². The Morgan fingerprint density at radius 2 is 1.09 bits per heavy atom. The van der Waals surface area contributed by atoms with E-state index in [4.69, 9.17) is 9.47 Å². The van der Waals surface area contributed by atoms with Crippen molar-refractivity contribution in [1.82, 2.24) is 0 Å². The number of ether oxygens (including phenoxy) is 2. The Morgan fingerprint density at radius 1 is 0.588 bits per heavy atom. The second kappa shape index (κ2) is 16.8. The first kappa shape index (κ1) is 27.5. The molecule has 0 aromatic heterocycles.